The molecule has 2 bridgehead atoms. The van der Waals surface area contributed by atoms with Gasteiger partial charge in [0.05, 0.1) is 0 Å². The lowest BCUT2D eigenvalue weighted by Gasteiger charge is -2.41. The average Bonchev–Trinajstić information content (AvgIpc) is 2.49. The Bertz CT molecular complexity index is 444. The zero-order valence-electron chi connectivity index (χ0n) is 12.5. The lowest BCUT2D eigenvalue weighted by atomic mass is 9.93. The van der Waals surface area contributed by atoms with Gasteiger partial charge in [-0.1, -0.05) is 13.5 Å². The van der Waals surface area contributed by atoms with Crippen LogP contribution in [0, 0.1) is 11.8 Å². The molecule has 0 aromatic carbocycles. The Hall–Kier alpha value is -1.36. The van der Waals surface area contributed by atoms with Crippen molar-refractivity contribution in [2.75, 3.05) is 0 Å². The molecule has 2 aliphatic rings. The van der Waals surface area contributed by atoms with Crippen molar-refractivity contribution in [3.05, 3.63) is 12.2 Å². The molecule has 0 amide bonds. The van der Waals surface area contributed by atoms with Gasteiger partial charge in [-0.25, -0.2) is 4.79 Å². The highest BCUT2D eigenvalue weighted by molar-refractivity contribution is 5.87. The molecule has 1 saturated carbocycles. The lowest BCUT2D eigenvalue weighted by molar-refractivity contribution is -0.282. The fraction of sp³-hybridized carbons (Fsp3) is 0.733. The van der Waals surface area contributed by atoms with Crippen molar-refractivity contribution in [3.8, 4) is 0 Å². The molecule has 1 heterocycles. The Balaban J connectivity index is 2.12. The largest absolute Gasteiger partial charge is 0.456 e. The molecular formula is C15H22O5. The molecule has 5 atom stereocenters. The van der Waals surface area contributed by atoms with Gasteiger partial charge in [0.1, 0.15) is 12.2 Å². The lowest BCUT2D eigenvalue weighted by Crippen LogP contribution is -2.50. The van der Waals surface area contributed by atoms with Crippen molar-refractivity contribution in [1.29, 1.82) is 0 Å². The molecule has 5 heteroatoms. The van der Waals surface area contributed by atoms with E-state index in [2.05, 4.69) is 13.5 Å². The van der Waals surface area contributed by atoms with Crippen molar-refractivity contribution in [2.45, 2.75) is 58.5 Å². The molecule has 0 radical (unpaired) electrons. The van der Waals surface area contributed by atoms with Crippen molar-refractivity contribution in [2.24, 2.45) is 11.8 Å². The monoisotopic (exact) mass is 282 g/mol. The van der Waals surface area contributed by atoms with Gasteiger partial charge in [-0.05, 0) is 19.3 Å². The Kier molecular flexibility index (Phi) is 3.91. The van der Waals surface area contributed by atoms with E-state index in [1.54, 1.807) is 13.8 Å². The summed E-state index contributed by atoms with van der Waals surface area (Å²) < 4.78 is 16.7. The highest BCUT2D eigenvalue weighted by atomic mass is 16.7. The first-order valence-electron chi connectivity index (χ1n) is 6.96. The van der Waals surface area contributed by atoms with Gasteiger partial charge in [0.2, 0.25) is 5.79 Å². The van der Waals surface area contributed by atoms with Crippen LogP contribution in [0.4, 0.5) is 0 Å². The summed E-state index contributed by atoms with van der Waals surface area (Å²) in [6, 6.07) is 0. The predicted molar refractivity (Wildman–Crippen MR) is 71.6 cm³/mol. The van der Waals surface area contributed by atoms with Gasteiger partial charge in [0, 0.05) is 31.8 Å². The number of hydrogen-bond donors (Lipinski definition) is 0. The van der Waals surface area contributed by atoms with E-state index in [1.807, 2.05) is 0 Å². The van der Waals surface area contributed by atoms with Gasteiger partial charge in [-0.3, -0.25) is 4.79 Å². The normalized spacial score (nSPS) is 39.2. The minimum atomic E-state index is -0.919. The second kappa shape index (κ2) is 5.20. The fourth-order valence-electron chi connectivity index (χ4n) is 3.29. The molecule has 20 heavy (non-hydrogen) atoms. The summed E-state index contributed by atoms with van der Waals surface area (Å²) in [7, 11) is 0. The Labute approximate surface area is 119 Å². The summed E-state index contributed by atoms with van der Waals surface area (Å²) in [4.78, 5) is 22.9. The van der Waals surface area contributed by atoms with Crippen LogP contribution in [-0.2, 0) is 23.8 Å². The van der Waals surface area contributed by atoms with Crippen LogP contribution in [0.3, 0.4) is 0 Å². The molecule has 0 spiro atoms. The molecule has 112 valence electrons. The number of esters is 2. The molecule has 5 nitrogen and oxygen atoms in total. The van der Waals surface area contributed by atoms with Gasteiger partial charge >= 0.3 is 11.9 Å². The van der Waals surface area contributed by atoms with Crippen LogP contribution in [0.1, 0.15) is 40.5 Å². The van der Waals surface area contributed by atoms with E-state index in [4.69, 9.17) is 14.2 Å². The predicted octanol–water partition coefficient (Wildman–Crippen LogP) is 2.20. The number of carbonyl (C=O) groups excluding carboxylic acids is 2. The number of hydrogen-bond acceptors (Lipinski definition) is 5. The van der Waals surface area contributed by atoms with Crippen LogP contribution >= 0.6 is 0 Å². The number of carbonyl (C=O) groups is 2. The minimum absolute atomic E-state index is 0.149. The second-order valence-electron chi connectivity index (χ2n) is 6.14. The number of fused-ring (bicyclic) bond motifs is 2. The SMILES string of the molecule is C=C(C)C(=O)OC1C2CC(C)C1OC(C)(OC(C)=O)C2. The number of ether oxygens (including phenoxy) is 3. The third-order valence-electron chi connectivity index (χ3n) is 3.99. The average molecular weight is 282 g/mol. The van der Waals surface area contributed by atoms with Crippen molar-refractivity contribution < 1.29 is 23.8 Å². The molecule has 1 aliphatic carbocycles. The fourth-order valence-corrected chi connectivity index (χ4v) is 3.29. The molecule has 2 rings (SSSR count). The first-order valence-corrected chi connectivity index (χ1v) is 6.96. The zero-order valence-corrected chi connectivity index (χ0v) is 12.5. The first kappa shape index (κ1) is 15.0. The van der Waals surface area contributed by atoms with Gasteiger partial charge in [-0.2, -0.15) is 0 Å². The summed E-state index contributed by atoms with van der Waals surface area (Å²) in [5.74, 6) is -1.26. The maximum atomic E-state index is 11.7. The van der Waals surface area contributed by atoms with Crippen LogP contribution in [0.25, 0.3) is 0 Å². The van der Waals surface area contributed by atoms with Crippen LogP contribution in [0.5, 0.6) is 0 Å². The van der Waals surface area contributed by atoms with E-state index >= 15 is 0 Å². The molecule has 5 unspecified atom stereocenters. The smallest absolute Gasteiger partial charge is 0.333 e. The van der Waals surface area contributed by atoms with Gasteiger partial charge in [0.25, 0.3) is 0 Å². The Morgan fingerprint density at radius 3 is 2.50 bits per heavy atom. The summed E-state index contributed by atoms with van der Waals surface area (Å²) in [6.07, 6.45) is 0.927. The molecule has 1 saturated heterocycles. The van der Waals surface area contributed by atoms with E-state index < -0.39 is 11.8 Å². The first-order chi connectivity index (χ1) is 9.22. The maximum Gasteiger partial charge on any atom is 0.333 e. The molecule has 2 fully saturated rings. The Morgan fingerprint density at radius 1 is 1.35 bits per heavy atom. The van der Waals surface area contributed by atoms with Crippen LogP contribution in [-0.4, -0.2) is 29.9 Å². The van der Waals surface area contributed by atoms with E-state index in [-0.39, 0.29) is 30.0 Å². The highest BCUT2D eigenvalue weighted by Gasteiger charge is 2.55. The van der Waals surface area contributed by atoms with Crippen molar-refractivity contribution in [1.82, 2.24) is 0 Å². The van der Waals surface area contributed by atoms with Crippen LogP contribution in [0.2, 0.25) is 0 Å². The third-order valence-corrected chi connectivity index (χ3v) is 3.99. The molecular weight excluding hydrogens is 260 g/mol. The van der Waals surface area contributed by atoms with Gasteiger partial charge in [0.15, 0.2) is 0 Å². The van der Waals surface area contributed by atoms with Crippen molar-refractivity contribution >= 4 is 11.9 Å². The zero-order chi connectivity index (χ0) is 15.1. The van der Waals surface area contributed by atoms with E-state index in [0.29, 0.717) is 12.0 Å². The van der Waals surface area contributed by atoms with Crippen molar-refractivity contribution in [3.63, 3.8) is 0 Å². The van der Waals surface area contributed by atoms with E-state index in [1.165, 1.54) is 6.92 Å². The third kappa shape index (κ3) is 2.87. The van der Waals surface area contributed by atoms with E-state index in [9.17, 15) is 9.59 Å². The standard InChI is InChI=1S/C15H22O5/c1-8(2)14(17)18-13-11-6-9(3)12(13)20-15(5,7-11)19-10(4)16/h9,11-13H,1,6-7H2,2-5H3. The molecule has 0 aromatic heterocycles. The van der Waals surface area contributed by atoms with Gasteiger partial charge < -0.3 is 14.2 Å². The van der Waals surface area contributed by atoms with Crippen LogP contribution < -0.4 is 0 Å². The summed E-state index contributed by atoms with van der Waals surface area (Å²) in [6.45, 7) is 10.4. The maximum absolute atomic E-state index is 11.7. The summed E-state index contributed by atoms with van der Waals surface area (Å²) >= 11 is 0. The highest BCUT2D eigenvalue weighted by Crippen LogP contribution is 2.47. The second-order valence-corrected chi connectivity index (χ2v) is 6.14. The van der Waals surface area contributed by atoms with E-state index in [0.717, 1.165) is 6.42 Å². The molecule has 0 aromatic rings. The molecule has 0 N–H and O–H groups in total. The molecule has 1 aliphatic heterocycles. The number of rotatable bonds is 3. The summed E-state index contributed by atoms with van der Waals surface area (Å²) in [5, 5.41) is 0. The topological polar surface area (TPSA) is 61.8 Å². The van der Waals surface area contributed by atoms with Gasteiger partial charge in [-0.15, -0.1) is 0 Å². The Morgan fingerprint density at radius 2 is 2.00 bits per heavy atom. The van der Waals surface area contributed by atoms with Crippen LogP contribution in [0.15, 0.2) is 12.2 Å². The quantitative estimate of drug-likeness (QED) is 0.586. The summed E-state index contributed by atoms with van der Waals surface area (Å²) in [5.41, 5.74) is 0.380. The minimum Gasteiger partial charge on any atom is -0.456 e.